The number of piperidine rings is 1. The lowest BCUT2D eigenvalue weighted by Gasteiger charge is -2.31. The Balaban J connectivity index is 1.80. The Morgan fingerprint density at radius 2 is 2.25 bits per heavy atom. The second-order valence-electron chi connectivity index (χ2n) is 5.20. The van der Waals surface area contributed by atoms with Gasteiger partial charge in [0.1, 0.15) is 11.4 Å². The van der Waals surface area contributed by atoms with Crippen LogP contribution in [0.25, 0.3) is 0 Å². The van der Waals surface area contributed by atoms with Gasteiger partial charge in [-0.2, -0.15) is 0 Å². The molecule has 0 bridgehead atoms. The zero-order chi connectivity index (χ0) is 14.2. The van der Waals surface area contributed by atoms with Gasteiger partial charge in [0.2, 0.25) is 0 Å². The van der Waals surface area contributed by atoms with Crippen LogP contribution < -0.4 is 10.6 Å². The molecule has 0 saturated carbocycles. The van der Waals surface area contributed by atoms with Gasteiger partial charge in [-0.3, -0.25) is 14.7 Å². The molecular formula is C13H15FN4O2. The number of aromatic nitrogens is 1. The molecule has 3 rings (SSSR count). The van der Waals surface area contributed by atoms with Crippen molar-refractivity contribution in [3.63, 3.8) is 0 Å². The van der Waals surface area contributed by atoms with Gasteiger partial charge in [-0.1, -0.05) is 0 Å². The van der Waals surface area contributed by atoms with Crippen molar-refractivity contribution in [1.82, 2.24) is 20.5 Å². The Hall–Kier alpha value is -2.02. The van der Waals surface area contributed by atoms with Crippen molar-refractivity contribution in [2.45, 2.75) is 24.9 Å². The van der Waals surface area contributed by atoms with Crippen LogP contribution in [0.4, 0.5) is 9.18 Å². The first-order chi connectivity index (χ1) is 9.61. The van der Waals surface area contributed by atoms with Gasteiger partial charge >= 0.3 is 6.03 Å². The predicted molar refractivity (Wildman–Crippen MR) is 68.1 cm³/mol. The minimum absolute atomic E-state index is 0.0389. The van der Waals surface area contributed by atoms with Crippen molar-refractivity contribution in [3.8, 4) is 0 Å². The third kappa shape index (κ3) is 2.14. The summed E-state index contributed by atoms with van der Waals surface area (Å²) in [6.07, 6.45) is 4.00. The molecule has 7 heteroatoms. The van der Waals surface area contributed by atoms with E-state index in [-0.39, 0.29) is 12.5 Å². The van der Waals surface area contributed by atoms with Crippen LogP contribution in [0, 0.1) is 5.82 Å². The van der Waals surface area contributed by atoms with E-state index in [1.807, 2.05) is 0 Å². The lowest BCUT2D eigenvalue weighted by atomic mass is 9.90. The number of urea groups is 1. The summed E-state index contributed by atoms with van der Waals surface area (Å²) in [5, 5.41) is 5.89. The third-order valence-electron chi connectivity index (χ3n) is 3.73. The molecule has 6 nitrogen and oxygen atoms in total. The van der Waals surface area contributed by atoms with E-state index in [2.05, 4.69) is 15.6 Å². The molecule has 1 atom stereocenters. The molecule has 3 heterocycles. The van der Waals surface area contributed by atoms with Crippen molar-refractivity contribution in [2.24, 2.45) is 0 Å². The molecule has 1 aromatic rings. The maximum absolute atomic E-state index is 13.1. The van der Waals surface area contributed by atoms with Crippen molar-refractivity contribution in [1.29, 1.82) is 0 Å². The number of carbonyl (C=O) groups is 2. The van der Waals surface area contributed by atoms with Crippen molar-refractivity contribution in [3.05, 3.63) is 29.8 Å². The van der Waals surface area contributed by atoms with E-state index in [1.54, 1.807) is 0 Å². The van der Waals surface area contributed by atoms with Gasteiger partial charge in [0.15, 0.2) is 0 Å². The van der Waals surface area contributed by atoms with Crippen molar-refractivity contribution >= 4 is 11.9 Å². The Labute approximate surface area is 115 Å². The summed E-state index contributed by atoms with van der Waals surface area (Å²) >= 11 is 0. The number of hydrogen-bond acceptors (Lipinski definition) is 4. The van der Waals surface area contributed by atoms with Gasteiger partial charge in [-0.05, 0) is 31.0 Å². The van der Waals surface area contributed by atoms with E-state index >= 15 is 0 Å². The highest BCUT2D eigenvalue weighted by Gasteiger charge is 2.51. The summed E-state index contributed by atoms with van der Waals surface area (Å²) in [6.45, 7) is 1.32. The molecule has 0 aliphatic carbocycles. The molecule has 3 amide bonds. The van der Waals surface area contributed by atoms with Gasteiger partial charge in [-0.15, -0.1) is 0 Å². The molecule has 1 aromatic heterocycles. The first kappa shape index (κ1) is 13.0. The molecule has 1 unspecified atom stereocenters. The number of nitrogens with one attached hydrogen (secondary N) is 2. The summed E-state index contributed by atoms with van der Waals surface area (Å²) in [4.78, 5) is 29.3. The fourth-order valence-electron chi connectivity index (χ4n) is 2.74. The number of rotatable bonds is 2. The van der Waals surface area contributed by atoms with Crippen molar-refractivity contribution < 1.29 is 14.0 Å². The van der Waals surface area contributed by atoms with Crippen LogP contribution in [0.15, 0.2) is 18.5 Å². The van der Waals surface area contributed by atoms with Gasteiger partial charge in [-0.25, -0.2) is 9.18 Å². The molecule has 0 radical (unpaired) electrons. The SMILES string of the molecule is O=C1NC2(CCCNC2)C(=O)N1Cc1cncc(F)c1. The van der Waals surface area contributed by atoms with E-state index in [4.69, 9.17) is 0 Å². The van der Waals surface area contributed by atoms with Crippen LogP contribution in [-0.2, 0) is 11.3 Å². The number of carbonyl (C=O) groups excluding carboxylic acids is 2. The maximum Gasteiger partial charge on any atom is 0.325 e. The zero-order valence-corrected chi connectivity index (χ0v) is 10.9. The number of amides is 3. The van der Waals surface area contributed by atoms with Crippen LogP contribution in [0.5, 0.6) is 0 Å². The van der Waals surface area contributed by atoms with Crippen LogP contribution in [0.3, 0.4) is 0 Å². The summed E-state index contributed by atoms with van der Waals surface area (Å²) < 4.78 is 13.1. The first-order valence-electron chi connectivity index (χ1n) is 6.55. The standard InChI is InChI=1S/C13H15FN4O2/c14-10-4-9(5-16-6-10)7-18-11(19)13(17-12(18)20)2-1-3-15-8-13/h4-6,15H,1-3,7-8H2,(H,17,20). The molecule has 0 aromatic carbocycles. The largest absolute Gasteiger partial charge is 0.325 e. The van der Waals surface area contributed by atoms with E-state index in [9.17, 15) is 14.0 Å². The quantitative estimate of drug-likeness (QED) is 0.768. The molecule has 2 fully saturated rings. The zero-order valence-electron chi connectivity index (χ0n) is 10.9. The molecule has 2 aliphatic heterocycles. The van der Waals surface area contributed by atoms with Crippen molar-refractivity contribution in [2.75, 3.05) is 13.1 Å². The number of halogens is 1. The van der Waals surface area contributed by atoms with Crippen LogP contribution in [-0.4, -0.2) is 40.5 Å². The first-order valence-corrected chi connectivity index (χ1v) is 6.55. The third-order valence-corrected chi connectivity index (χ3v) is 3.73. The maximum atomic E-state index is 13.1. The summed E-state index contributed by atoms with van der Waals surface area (Å²) in [5.74, 6) is -0.734. The Kier molecular flexibility index (Phi) is 3.13. The van der Waals surface area contributed by atoms with E-state index in [0.717, 1.165) is 24.1 Å². The highest BCUT2D eigenvalue weighted by atomic mass is 19.1. The Bertz CT molecular complexity index is 557. The highest BCUT2D eigenvalue weighted by Crippen LogP contribution is 2.26. The fourth-order valence-corrected chi connectivity index (χ4v) is 2.74. The molecule has 2 aliphatic rings. The minimum Gasteiger partial charge on any atom is -0.322 e. The second kappa shape index (κ2) is 4.82. The van der Waals surface area contributed by atoms with Gasteiger partial charge < -0.3 is 10.6 Å². The van der Waals surface area contributed by atoms with Crippen LogP contribution >= 0.6 is 0 Å². The van der Waals surface area contributed by atoms with Crippen LogP contribution in [0.1, 0.15) is 18.4 Å². The fraction of sp³-hybridized carbons (Fsp3) is 0.462. The predicted octanol–water partition coefficient (Wildman–Crippen LogP) is 0.395. The smallest absolute Gasteiger partial charge is 0.322 e. The Morgan fingerprint density at radius 3 is 2.95 bits per heavy atom. The molecule has 2 saturated heterocycles. The lowest BCUT2D eigenvalue weighted by molar-refractivity contribution is -0.132. The minimum atomic E-state index is -0.837. The molecule has 106 valence electrons. The topological polar surface area (TPSA) is 74.3 Å². The lowest BCUT2D eigenvalue weighted by Crippen LogP contribution is -2.57. The van der Waals surface area contributed by atoms with Gasteiger partial charge in [0, 0.05) is 12.7 Å². The van der Waals surface area contributed by atoms with Gasteiger partial charge in [0.05, 0.1) is 12.7 Å². The summed E-state index contributed by atoms with van der Waals surface area (Å²) in [6, 6.07) is 0.848. The van der Waals surface area contributed by atoms with E-state index in [1.165, 1.54) is 12.3 Å². The summed E-state index contributed by atoms with van der Waals surface area (Å²) in [7, 11) is 0. The number of imide groups is 1. The Morgan fingerprint density at radius 1 is 1.40 bits per heavy atom. The molecular weight excluding hydrogens is 263 g/mol. The molecule has 1 spiro atoms. The second-order valence-corrected chi connectivity index (χ2v) is 5.20. The average Bonchev–Trinajstić information content (AvgIpc) is 2.64. The van der Waals surface area contributed by atoms with E-state index in [0.29, 0.717) is 18.5 Å². The number of pyridine rings is 1. The van der Waals surface area contributed by atoms with Gasteiger partial charge in [0.25, 0.3) is 5.91 Å². The summed E-state index contributed by atoms with van der Waals surface area (Å²) in [5.41, 5.74) is -0.342. The molecule has 2 N–H and O–H groups in total. The average molecular weight is 278 g/mol. The van der Waals surface area contributed by atoms with Crippen LogP contribution in [0.2, 0.25) is 0 Å². The monoisotopic (exact) mass is 278 g/mol. The normalized spacial score (nSPS) is 26.1. The van der Waals surface area contributed by atoms with E-state index < -0.39 is 17.4 Å². The number of hydrogen-bond donors (Lipinski definition) is 2. The highest BCUT2D eigenvalue weighted by molar-refractivity contribution is 6.07. The molecule has 20 heavy (non-hydrogen) atoms. The number of nitrogens with zero attached hydrogens (tertiary/aromatic N) is 2.